The van der Waals surface area contributed by atoms with Gasteiger partial charge in [-0.05, 0) is 24.1 Å². The quantitative estimate of drug-likeness (QED) is 0.479. The third-order valence-corrected chi connectivity index (χ3v) is 6.38. The zero-order chi connectivity index (χ0) is 23.4. The number of methoxy groups -OCH3 is 1. The Labute approximate surface area is 194 Å². The van der Waals surface area contributed by atoms with Crippen molar-refractivity contribution >= 4 is 40.4 Å². The zero-order valence-electron chi connectivity index (χ0n) is 18.2. The highest BCUT2D eigenvalue weighted by Gasteiger charge is 2.40. The van der Waals surface area contributed by atoms with E-state index in [4.69, 9.17) is 4.74 Å². The predicted molar refractivity (Wildman–Crippen MR) is 124 cm³/mol. The Balaban J connectivity index is 1.53. The van der Waals surface area contributed by atoms with Gasteiger partial charge in [0.05, 0.1) is 48.0 Å². The number of benzene rings is 1. The van der Waals surface area contributed by atoms with Crippen molar-refractivity contribution in [2.75, 3.05) is 12.0 Å². The molecule has 0 aliphatic carbocycles. The molecule has 1 atom stereocenters. The van der Waals surface area contributed by atoms with Crippen molar-refractivity contribution in [2.45, 2.75) is 18.9 Å². The summed E-state index contributed by atoms with van der Waals surface area (Å²) in [5.74, 6) is -1.29. The van der Waals surface area contributed by atoms with Crippen LogP contribution in [0.3, 0.4) is 0 Å². The maximum absolute atomic E-state index is 13.1. The Morgan fingerprint density at radius 2 is 2.00 bits per heavy atom. The summed E-state index contributed by atoms with van der Waals surface area (Å²) >= 11 is 0. The molecule has 0 saturated carbocycles. The second-order valence-corrected chi connectivity index (χ2v) is 8.24. The Morgan fingerprint density at radius 3 is 2.85 bits per heavy atom. The first-order valence-corrected chi connectivity index (χ1v) is 10.8. The summed E-state index contributed by atoms with van der Waals surface area (Å²) in [4.78, 5) is 49.0. The molecule has 9 nitrogen and oxygen atoms in total. The van der Waals surface area contributed by atoms with Crippen LogP contribution in [-0.2, 0) is 25.5 Å². The van der Waals surface area contributed by atoms with Crippen LogP contribution < -0.4 is 10.2 Å². The molecule has 0 saturated heterocycles. The molecule has 34 heavy (non-hydrogen) atoms. The van der Waals surface area contributed by atoms with Crippen LogP contribution in [0.1, 0.15) is 23.2 Å². The minimum Gasteiger partial charge on any atom is -0.469 e. The molecule has 6 rings (SSSR count). The average Bonchev–Trinajstić information content (AvgIpc) is 3.45. The SMILES string of the molecule is COC(=O)CC1Cc2cccc3c2N1C=CN=C3C1=C(c2cnc3ccccn23)C(=O)NC1=O. The summed E-state index contributed by atoms with van der Waals surface area (Å²) < 4.78 is 6.65. The highest BCUT2D eigenvalue weighted by molar-refractivity contribution is 6.47. The topological polar surface area (TPSA) is 105 Å². The van der Waals surface area contributed by atoms with Crippen molar-refractivity contribution in [1.29, 1.82) is 0 Å². The van der Waals surface area contributed by atoms with Crippen LogP contribution in [0.5, 0.6) is 0 Å². The summed E-state index contributed by atoms with van der Waals surface area (Å²) in [6.45, 7) is 0. The molecule has 3 aliphatic heterocycles. The van der Waals surface area contributed by atoms with Crippen molar-refractivity contribution in [2.24, 2.45) is 4.99 Å². The standard InChI is InChI=1S/C25H19N5O4/c1-34-19(31)12-15-11-14-5-4-6-16-22(26-8-10-29(15)23(14)16)21-20(24(32)28-25(21)33)17-13-27-18-7-2-3-9-30(17)18/h2-10,13,15H,11-12H2,1H3,(H,28,32,33). The molecule has 0 radical (unpaired) electrons. The number of esters is 1. The first kappa shape index (κ1) is 20.1. The third-order valence-electron chi connectivity index (χ3n) is 6.38. The smallest absolute Gasteiger partial charge is 0.307 e. The van der Waals surface area contributed by atoms with E-state index in [1.807, 2.05) is 41.3 Å². The molecule has 5 heterocycles. The predicted octanol–water partition coefficient (Wildman–Crippen LogP) is 2.01. The van der Waals surface area contributed by atoms with Crippen LogP contribution in [0, 0.1) is 0 Å². The third kappa shape index (κ3) is 2.90. The molecule has 3 aliphatic rings. The van der Waals surface area contributed by atoms with Crippen LogP contribution in [0.2, 0.25) is 0 Å². The van der Waals surface area contributed by atoms with Gasteiger partial charge in [0.25, 0.3) is 11.8 Å². The minimum atomic E-state index is -0.506. The van der Waals surface area contributed by atoms with Crippen LogP contribution in [0.25, 0.3) is 11.2 Å². The fourth-order valence-corrected chi connectivity index (χ4v) is 4.92. The number of fused-ring (bicyclic) bond motifs is 1. The van der Waals surface area contributed by atoms with E-state index in [9.17, 15) is 14.4 Å². The van der Waals surface area contributed by atoms with Gasteiger partial charge in [-0.15, -0.1) is 0 Å². The van der Waals surface area contributed by atoms with Gasteiger partial charge in [0, 0.05) is 30.2 Å². The van der Waals surface area contributed by atoms with Crippen LogP contribution in [-0.4, -0.2) is 46.0 Å². The number of aliphatic imine (C=N–C) groups is 1. The monoisotopic (exact) mass is 453 g/mol. The molecule has 0 spiro atoms. The Hall–Kier alpha value is -4.53. The number of para-hydroxylation sites is 1. The number of ether oxygens (including phenoxy) is 1. The maximum atomic E-state index is 13.1. The van der Waals surface area contributed by atoms with Gasteiger partial charge in [-0.1, -0.05) is 24.3 Å². The van der Waals surface area contributed by atoms with Gasteiger partial charge in [-0.2, -0.15) is 0 Å². The number of aromatic nitrogens is 2. The van der Waals surface area contributed by atoms with Crippen molar-refractivity contribution in [3.05, 3.63) is 83.6 Å². The Kier molecular flexibility index (Phi) is 4.44. The van der Waals surface area contributed by atoms with Gasteiger partial charge < -0.3 is 9.64 Å². The highest BCUT2D eigenvalue weighted by atomic mass is 16.5. The zero-order valence-corrected chi connectivity index (χ0v) is 18.2. The summed E-state index contributed by atoms with van der Waals surface area (Å²) in [6, 6.07) is 11.2. The van der Waals surface area contributed by atoms with E-state index in [0.717, 1.165) is 16.8 Å². The number of imide groups is 1. The summed E-state index contributed by atoms with van der Waals surface area (Å²) in [5, 5.41) is 2.43. The molecule has 2 amide bonds. The number of imidazole rings is 1. The van der Waals surface area contributed by atoms with Gasteiger partial charge in [0.1, 0.15) is 5.65 Å². The lowest BCUT2D eigenvalue weighted by molar-refractivity contribution is -0.141. The van der Waals surface area contributed by atoms with Crippen LogP contribution in [0.4, 0.5) is 5.69 Å². The largest absolute Gasteiger partial charge is 0.469 e. The number of rotatable bonds is 4. The van der Waals surface area contributed by atoms with E-state index in [1.54, 1.807) is 29.2 Å². The molecule has 1 aromatic carbocycles. The van der Waals surface area contributed by atoms with E-state index in [1.165, 1.54) is 7.11 Å². The lowest BCUT2D eigenvalue weighted by Gasteiger charge is -2.23. The van der Waals surface area contributed by atoms with E-state index < -0.39 is 11.8 Å². The number of carbonyl (C=O) groups is 3. The van der Waals surface area contributed by atoms with Gasteiger partial charge in [-0.25, -0.2) is 4.98 Å². The lowest BCUT2D eigenvalue weighted by Crippen LogP contribution is -2.30. The van der Waals surface area contributed by atoms with Crippen molar-refractivity contribution in [3.8, 4) is 0 Å². The van der Waals surface area contributed by atoms with Crippen molar-refractivity contribution < 1.29 is 19.1 Å². The molecule has 1 N–H and O–H groups in total. The molecular formula is C25H19N5O4. The summed E-state index contributed by atoms with van der Waals surface area (Å²) in [6.07, 6.45) is 7.67. The second-order valence-electron chi connectivity index (χ2n) is 8.24. The number of hydrogen-bond donors (Lipinski definition) is 1. The second kappa shape index (κ2) is 7.51. The Morgan fingerprint density at radius 1 is 1.15 bits per heavy atom. The van der Waals surface area contributed by atoms with E-state index in [0.29, 0.717) is 23.5 Å². The van der Waals surface area contributed by atoms with Gasteiger partial charge in [-0.3, -0.25) is 29.1 Å². The van der Waals surface area contributed by atoms with Gasteiger partial charge >= 0.3 is 5.97 Å². The minimum absolute atomic E-state index is 0.124. The van der Waals surface area contributed by atoms with Crippen LogP contribution in [0.15, 0.2) is 71.8 Å². The maximum Gasteiger partial charge on any atom is 0.307 e. The number of pyridine rings is 1. The number of nitrogens with one attached hydrogen (secondary N) is 1. The first-order valence-electron chi connectivity index (χ1n) is 10.8. The number of carbonyl (C=O) groups excluding carboxylic acids is 3. The fraction of sp³-hybridized carbons (Fsp3) is 0.160. The number of anilines is 1. The Bertz CT molecular complexity index is 1500. The van der Waals surface area contributed by atoms with Crippen molar-refractivity contribution in [1.82, 2.24) is 14.7 Å². The molecule has 1 unspecified atom stereocenters. The number of hydrogen-bond acceptors (Lipinski definition) is 7. The molecule has 0 bridgehead atoms. The average molecular weight is 453 g/mol. The van der Waals surface area contributed by atoms with Crippen molar-refractivity contribution in [3.63, 3.8) is 0 Å². The van der Waals surface area contributed by atoms with E-state index in [-0.39, 0.29) is 29.6 Å². The van der Waals surface area contributed by atoms with E-state index in [2.05, 4.69) is 15.3 Å². The summed E-state index contributed by atoms with van der Waals surface area (Å²) in [5.41, 5.74) is 4.64. The van der Waals surface area contributed by atoms with Gasteiger partial charge in [0.2, 0.25) is 0 Å². The molecule has 9 heteroatoms. The molecule has 3 aromatic rings. The first-order chi connectivity index (χ1) is 16.6. The van der Waals surface area contributed by atoms with Gasteiger partial charge in [0.15, 0.2) is 0 Å². The molecule has 2 aromatic heterocycles. The van der Waals surface area contributed by atoms with Crippen LogP contribution >= 0.6 is 0 Å². The molecular weight excluding hydrogens is 434 g/mol. The summed E-state index contributed by atoms with van der Waals surface area (Å²) in [7, 11) is 1.37. The normalized spacial score (nSPS) is 18.8. The fourth-order valence-electron chi connectivity index (χ4n) is 4.92. The highest BCUT2D eigenvalue weighted by Crippen LogP contribution is 2.40. The van der Waals surface area contributed by atoms with E-state index >= 15 is 0 Å². The molecule has 0 fully saturated rings. The number of nitrogens with zero attached hydrogens (tertiary/aromatic N) is 4. The molecule has 168 valence electrons. The lowest BCUT2D eigenvalue weighted by atomic mass is 9.94. The number of amides is 2.